The number of thiazole rings is 1. The van der Waals surface area contributed by atoms with Crippen molar-refractivity contribution in [2.24, 2.45) is 7.05 Å². The molecule has 0 unspecified atom stereocenters. The van der Waals surface area contributed by atoms with Gasteiger partial charge in [0.15, 0.2) is 0 Å². The maximum absolute atomic E-state index is 12.0. The third kappa shape index (κ3) is 3.83. The zero-order valence-corrected chi connectivity index (χ0v) is 14.2. The standard InChI is InChI=1S/C17H16N2O2S2/c1-19-14-8-7-13(9-15(14)23-17(19)21)18-16(20)11-22-10-12-5-3-2-4-6-12/h2-9H,10-11H2,1H3,(H,18,20). The maximum Gasteiger partial charge on any atom is 0.307 e. The highest BCUT2D eigenvalue weighted by Gasteiger charge is 2.07. The number of anilines is 1. The van der Waals surface area contributed by atoms with E-state index in [0.29, 0.717) is 5.75 Å². The van der Waals surface area contributed by atoms with E-state index >= 15 is 0 Å². The molecule has 0 aliphatic carbocycles. The van der Waals surface area contributed by atoms with Crippen LogP contribution in [0.3, 0.4) is 0 Å². The molecule has 23 heavy (non-hydrogen) atoms. The van der Waals surface area contributed by atoms with Crippen LogP contribution >= 0.6 is 23.1 Å². The first-order valence-corrected chi connectivity index (χ1v) is 9.12. The van der Waals surface area contributed by atoms with E-state index in [1.54, 1.807) is 23.4 Å². The Labute approximate surface area is 142 Å². The Kier molecular flexibility index (Phi) is 4.83. The van der Waals surface area contributed by atoms with Crippen molar-refractivity contribution >= 4 is 44.9 Å². The van der Waals surface area contributed by atoms with Crippen LogP contribution < -0.4 is 10.2 Å². The van der Waals surface area contributed by atoms with Gasteiger partial charge in [-0.1, -0.05) is 41.7 Å². The van der Waals surface area contributed by atoms with Crippen molar-refractivity contribution in [3.8, 4) is 0 Å². The summed E-state index contributed by atoms with van der Waals surface area (Å²) in [6.07, 6.45) is 0. The average Bonchev–Trinajstić information content (AvgIpc) is 2.82. The van der Waals surface area contributed by atoms with Gasteiger partial charge in [0, 0.05) is 18.5 Å². The molecule has 3 rings (SSSR count). The minimum Gasteiger partial charge on any atom is -0.325 e. The van der Waals surface area contributed by atoms with Gasteiger partial charge in [-0.25, -0.2) is 0 Å². The molecule has 2 aromatic carbocycles. The summed E-state index contributed by atoms with van der Waals surface area (Å²) in [6.45, 7) is 0. The lowest BCUT2D eigenvalue weighted by Gasteiger charge is -2.06. The van der Waals surface area contributed by atoms with Gasteiger partial charge in [0.25, 0.3) is 0 Å². The van der Waals surface area contributed by atoms with Gasteiger partial charge < -0.3 is 9.88 Å². The molecule has 0 saturated carbocycles. The Hall–Kier alpha value is -2.05. The van der Waals surface area contributed by atoms with Crippen LogP contribution in [0.1, 0.15) is 5.56 Å². The van der Waals surface area contributed by atoms with E-state index in [1.165, 1.54) is 16.9 Å². The van der Waals surface area contributed by atoms with Gasteiger partial charge in [-0.3, -0.25) is 9.59 Å². The molecule has 1 N–H and O–H groups in total. The highest BCUT2D eigenvalue weighted by atomic mass is 32.2. The molecule has 0 spiro atoms. The van der Waals surface area contributed by atoms with Gasteiger partial charge in [0.1, 0.15) is 0 Å². The second-order valence-corrected chi connectivity index (χ2v) is 7.11. The quantitative estimate of drug-likeness (QED) is 0.771. The third-order valence-corrected chi connectivity index (χ3v) is 5.42. The Balaban J connectivity index is 1.58. The minimum absolute atomic E-state index is 0.00175. The van der Waals surface area contributed by atoms with Crippen LogP contribution in [-0.4, -0.2) is 16.2 Å². The Morgan fingerprint density at radius 3 is 2.78 bits per heavy atom. The van der Waals surface area contributed by atoms with Crippen molar-refractivity contribution in [2.75, 3.05) is 11.1 Å². The number of benzene rings is 2. The average molecular weight is 344 g/mol. The monoisotopic (exact) mass is 344 g/mol. The molecule has 3 aromatic rings. The largest absolute Gasteiger partial charge is 0.325 e. The van der Waals surface area contributed by atoms with E-state index in [0.717, 1.165) is 21.7 Å². The zero-order valence-electron chi connectivity index (χ0n) is 12.6. The number of aryl methyl sites for hydroxylation is 1. The van der Waals surface area contributed by atoms with E-state index in [1.807, 2.05) is 36.4 Å². The normalized spacial score (nSPS) is 10.8. The molecule has 1 amide bonds. The third-order valence-electron chi connectivity index (χ3n) is 3.42. The number of carbonyl (C=O) groups is 1. The van der Waals surface area contributed by atoms with Crippen molar-refractivity contribution < 1.29 is 4.79 Å². The van der Waals surface area contributed by atoms with E-state index in [4.69, 9.17) is 0 Å². The Morgan fingerprint density at radius 1 is 1.22 bits per heavy atom. The number of thioether (sulfide) groups is 1. The molecule has 1 heterocycles. The molecule has 0 aliphatic rings. The molecule has 0 aliphatic heterocycles. The fraction of sp³-hybridized carbons (Fsp3) is 0.176. The maximum atomic E-state index is 12.0. The van der Waals surface area contributed by atoms with Crippen molar-refractivity contribution in [1.29, 1.82) is 0 Å². The van der Waals surface area contributed by atoms with Crippen molar-refractivity contribution in [2.45, 2.75) is 5.75 Å². The van der Waals surface area contributed by atoms with Crippen molar-refractivity contribution in [3.63, 3.8) is 0 Å². The van der Waals surface area contributed by atoms with Crippen LogP contribution in [0, 0.1) is 0 Å². The van der Waals surface area contributed by atoms with Crippen molar-refractivity contribution in [1.82, 2.24) is 4.57 Å². The fourth-order valence-electron chi connectivity index (χ4n) is 2.24. The van der Waals surface area contributed by atoms with Gasteiger partial charge in [-0.2, -0.15) is 0 Å². The summed E-state index contributed by atoms with van der Waals surface area (Å²) in [5.74, 6) is 1.18. The summed E-state index contributed by atoms with van der Waals surface area (Å²) >= 11 is 2.77. The number of amides is 1. The number of carbonyl (C=O) groups excluding carboxylic acids is 1. The van der Waals surface area contributed by atoms with E-state index in [2.05, 4.69) is 17.4 Å². The molecular formula is C17H16N2O2S2. The SMILES string of the molecule is Cn1c(=O)sc2cc(NC(=O)CSCc3ccccc3)ccc21. The molecule has 4 nitrogen and oxygen atoms in total. The number of fused-ring (bicyclic) bond motifs is 1. The number of nitrogens with one attached hydrogen (secondary N) is 1. The van der Waals surface area contributed by atoms with Crippen LogP contribution in [0.15, 0.2) is 53.3 Å². The summed E-state index contributed by atoms with van der Waals surface area (Å²) in [5.41, 5.74) is 2.82. The highest BCUT2D eigenvalue weighted by molar-refractivity contribution is 7.99. The smallest absolute Gasteiger partial charge is 0.307 e. The second-order valence-electron chi connectivity index (χ2n) is 5.14. The lowest BCUT2D eigenvalue weighted by molar-refractivity contribution is -0.113. The summed E-state index contributed by atoms with van der Waals surface area (Å²) < 4.78 is 2.49. The first-order chi connectivity index (χ1) is 11.1. The van der Waals surface area contributed by atoms with Crippen LogP contribution in [0.5, 0.6) is 0 Å². The van der Waals surface area contributed by atoms with Crippen LogP contribution in [0.2, 0.25) is 0 Å². The molecule has 0 atom stereocenters. The Bertz CT molecular complexity index is 884. The second kappa shape index (κ2) is 7.02. The van der Waals surface area contributed by atoms with Gasteiger partial charge in [-0.05, 0) is 23.8 Å². The molecule has 118 valence electrons. The number of hydrogen-bond acceptors (Lipinski definition) is 4. The molecule has 6 heteroatoms. The van der Waals surface area contributed by atoms with Gasteiger partial charge >= 0.3 is 4.87 Å². The van der Waals surface area contributed by atoms with E-state index < -0.39 is 0 Å². The molecule has 0 bridgehead atoms. The fourth-order valence-corrected chi connectivity index (χ4v) is 3.95. The summed E-state index contributed by atoms with van der Waals surface area (Å²) in [7, 11) is 1.75. The minimum atomic E-state index is -0.0337. The zero-order chi connectivity index (χ0) is 16.2. The van der Waals surface area contributed by atoms with E-state index in [-0.39, 0.29) is 10.8 Å². The van der Waals surface area contributed by atoms with Crippen LogP contribution in [0.4, 0.5) is 5.69 Å². The first kappa shape index (κ1) is 15.8. The molecular weight excluding hydrogens is 328 g/mol. The lowest BCUT2D eigenvalue weighted by Crippen LogP contribution is -2.14. The molecule has 0 fully saturated rings. The molecule has 0 radical (unpaired) electrons. The number of hydrogen-bond donors (Lipinski definition) is 1. The number of rotatable bonds is 5. The van der Waals surface area contributed by atoms with Gasteiger partial charge in [0.05, 0.1) is 16.0 Å². The first-order valence-electron chi connectivity index (χ1n) is 7.14. The van der Waals surface area contributed by atoms with Gasteiger partial charge in [0.2, 0.25) is 5.91 Å². The number of nitrogens with zero attached hydrogens (tertiary/aromatic N) is 1. The molecule has 0 saturated heterocycles. The predicted molar refractivity (Wildman–Crippen MR) is 98.3 cm³/mol. The predicted octanol–water partition coefficient (Wildman–Crippen LogP) is 3.47. The van der Waals surface area contributed by atoms with Crippen LogP contribution in [0.25, 0.3) is 10.2 Å². The topological polar surface area (TPSA) is 51.1 Å². The highest BCUT2D eigenvalue weighted by Crippen LogP contribution is 2.21. The Morgan fingerprint density at radius 2 is 2.00 bits per heavy atom. The lowest BCUT2D eigenvalue weighted by atomic mass is 10.2. The molecule has 1 aromatic heterocycles. The van der Waals surface area contributed by atoms with Crippen molar-refractivity contribution in [3.05, 3.63) is 63.8 Å². The summed E-state index contributed by atoms with van der Waals surface area (Å²) in [4.78, 5) is 23.7. The van der Waals surface area contributed by atoms with E-state index in [9.17, 15) is 9.59 Å². The summed E-state index contributed by atoms with van der Waals surface area (Å²) in [5, 5.41) is 2.88. The van der Waals surface area contributed by atoms with Crippen LogP contribution in [-0.2, 0) is 17.6 Å². The number of aromatic nitrogens is 1. The van der Waals surface area contributed by atoms with Gasteiger partial charge in [-0.15, -0.1) is 11.8 Å². The summed E-state index contributed by atoms with van der Waals surface area (Å²) in [6, 6.07) is 15.6.